The average Bonchev–Trinajstić information content (AvgIpc) is 3.04. The number of rotatable bonds is 4. The van der Waals surface area contributed by atoms with Gasteiger partial charge in [-0.15, -0.1) is 22.7 Å². The molecule has 0 saturated heterocycles. The molecule has 0 spiro atoms. The summed E-state index contributed by atoms with van der Waals surface area (Å²) < 4.78 is 0. The molecule has 1 atom stereocenters. The zero-order valence-electron chi connectivity index (χ0n) is 12.2. The van der Waals surface area contributed by atoms with Gasteiger partial charge in [0.2, 0.25) is 5.95 Å². The van der Waals surface area contributed by atoms with E-state index < -0.39 is 0 Å². The van der Waals surface area contributed by atoms with Gasteiger partial charge in [0.15, 0.2) is 0 Å². The fourth-order valence-electron chi connectivity index (χ4n) is 2.11. The molecular weight excluding hydrogens is 302 g/mol. The third kappa shape index (κ3) is 2.84. The Bertz CT molecular complexity index is 777. The molecule has 0 radical (unpaired) electrons. The predicted molar refractivity (Wildman–Crippen MR) is 90.1 cm³/mol. The number of anilines is 2. The Balaban J connectivity index is 1.97. The Hall–Kier alpha value is -1.73. The van der Waals surface area contributed by atoms with Crippen LogP contribution >= 0.6 is 22.7 Å². The number of thiophene rings is 1. The molecule has 0 saturated carbocycles. The molecule has 3 rings (SSSR count). The highest BCUT2D eigenvalue weighted by atomic mass is 32.1. The van der Waals surface area contributed by atoms with Crippen LogP contribution in [0.1, 0.15) is 35.5 Å². The van der Waals surface area contributed by atoms with Crippen molar-refractivity contribution in [3.8, 4) is 0 Å². The number of aromatic nitrogens is 3. The number of nitrogen functional groups attached to an aromatic ring is 1. The highest BCUT2D eigenvalue weighted by Gasteiger charge is 2.15. The van der Waals surface area contributed by atoms with Crippen molar-refractivity contribution in [2.24, 2.45) is 0 Å². The van der Waals surface area contributed by atoms with Crippen molar-refractivity contribution in [3.63, 3.8) is 0 Å². The van der Waals surface area contributed by atoms with E-state index in [2.05, 4.69) is 45.6 Å². The van der Waals surface area contributed by atoms with E-state index in [-0.39, 0.29) is 6.04 Å². The summed E-state index contributed by atoms with van der Waals surface area (Å²) in [6.45, 7) is 6.21. The normalized spacial score (nSPS) is 12.7. The second-order valence-electron chi connectivity index (χ2n) is 4.91. The highest BCUT2D eigenvalue weighted by molar-refractivity contribution is 7.18. The van der Waals surface area contributed by atoms with E-state index in [4.69, 9.17) is 5.73 Å². The molecule has 0 aliphatic rings. The second-order valence-corrected chi connectivity index (χ2v) is 6.91. The van der Waals surface area contributed by atoms with Gasteiger partial charge in [-0.2, -0.15) is 4.98 Å². The van der Waals surface area contributed by atoms with Gasteiger partial charge in [-0.1, -0.05) is 6.92 Å². The Kier molecular flexibility index (Phi) is 3.77. The number of fused-ring (bicyclic) bond motifs is 1. The van der Waals surface area contributed by atoms with Gasteiger partial charge in [0, 0.05) is 16.0 Å². The van der Waals surface area contributed by atoms with Crippen LogP contribution in [0.3, 0.4) is 0 Å². The van der Waals surface area contributed by atoms with Crippen LogP contribution < -0.4 is 11.1 Å². The van der Waals surface area contributed by atoms with E-state index >= 15 is 0 Å². The Morgan fingerprint density at radius 3 is 2.81 bits per heavy atom. The third-order valence-corrected chi connectivity index (χ3v) is 5.49. The minimum absolute atomic E-state index is 0.0891. The lowest BCUT2D eigenvalue weighted by atomic mass is 10.3. The number of nitrogens with two attached hydrogens (primary N) is 1. The van der Waals surface area contributed by atoms with E-state index in [0.29, 0.717) is 5.95 Å². The Labute approximate surface area is 131 Å². The van der Waals surface area contributed by atoms with Crippen molar-refractivity contribution in [1.29, 1.82) is 0 Å². The lowest BCUT2D eigenvalue weighted by Gasteiger charge is -2.12. The zero-order valence-corrected chi connectivity index (χ0v) is 13.8. The van der Waals surface area contributed by atoms with Crippen molar-refractivity contribution in [2.45, 2.75) is 33.2 Å². The minimum Gasteiger partial charge on any atom is -0.368 e. The maximum Gasteiger partial charge on any atom is 0.223 e. The van der Waals surface area contributed by atoms with Gasteiger partial charge in [-0.05, 0) is 26.3 Å². The Morgan fingerprint density at radius 2 is 2.14 bits per heavy atom. The molecule has 0 amide bonds. The Morgan fingerprint density at radius 1 is 1.33 bits per heavy atom. The molecular formula is C14H17N5S2. The van der Waals surface area contributed by atoms with Gasteiger partial charge in [-0.3, -0.25) is 0 Å². The first kappa shape index (κ1) is 14.2. The molecule has 3 aromatic heterocycles. The van der Waals surface area contributed by atoms with Gasteiger partial charge < -0.3 is 11.1 Å². The minimum atomic E-state index is 0.0891. The molecule has 3 aromatic rings. The van der Waals surface area contributed by atoms with Gasteiger partial charge in [0.05, 0.1) is 11.4 Å². The van der Waals surface area contributed by atoms with Crippen molar-refractivity contribution in [2.75, 3.05) is 11.1 Å². The number of hydrogen-bond acceptors (Lipinski definition) is 7. The van der Waals surface area contributed by atoms with Gasteiger partial charge in [0.1, 0.15) is 15.7 Å². The molecule has 21 heavy (non-hydrogen) atoms. The maximum atomic E-state index is 5.83. The first-order valence-corrected chi connectivity index (χ1v) is 8.51. The van der Waals surface area contributed by atoms with E-state index in [9.17, 15) is 0 Å². The lowest BCUT2D eigenvalue weighted by Crippen LogP contribution is -2.09. The quantitative estimate of drug-likeness (QED) is 0.765. The highest BCUT2D eigenvalue weighted by Crippen LogP contribution is 2.32. The number of aryl methyl sites for hydroxylation is 2. The van der Waals surface area contributed by atoms with Crippen molar-refractivity contribution in [3.05, 3.63) is 27.0 Å². The molecule has 110 valence electrons. The molecule has 3 heterocycles. The second kappa shape index (κ2) is 5.57. The summed E-state index contributed by atoms with van der Waals surface area (Å²) in [5.41, 5.74) is 6.87. The van der Waals surface area contributed by atoms with Crippen LogP contribution in [0, 0.1) is 6.92 Å². The fourth-order valence-corrected chi connectivity index (χ4v) is 3.89. The molecule has 0 aromatic carbocycles. The van der Waals surface area contributed by atoms with E-state index in [1.165, 1.54) is 4.88 Å². The summed E-state index contributed by atoms with van der Waals surface area (Å²) in [5, 5.41) is 7.55. The number of nitrogens with one attached hydrogen (secondary N) is 1. The zero-order chi connectivity index (χ0) is 15.0. The van der Waals surface area contributed by atoms with Gasteiger partial charge in [-0.25, -0.2) is 9.97 Å². The fraction of sp³-hybridized carbons (Fsp3) is 0.357. The summed E-state index contributed by atoms with van der Waals surface area (Å²) in [6, 6.07) is 2.23. The summed E-state index contributed by atoms with van der Waals surface area (Å²) >= 11 is 3.32. The monoisotopic (exact) mass is 319 g/mol. The third-order valence-electron chi connectivity index (χ3n) is 3.17. The first-order chi connectivity index (χ1) is 10.1. The molecule has 0 fully saturated rings. The summed E-state index contributed by atoms with van der Waals surface area (Å²) in [4.78, 5) is 15.4. The van der Waals surface area contributed by atoms with Crippen LogP contribution in [-0.2, 0) is 6.42 Å². The van der Waals surface area contributed by atoms with E-state index in [1.807, 2.05) is 6.92 Å². The largest absolute Gasteiger partial charge is 0.368 e. The number of nitrogens with zero attached hydrogens (tertiary/aromatic N) is 3. The smallest absolute Gasteiger partial charge is 0.223 e. The molecule has 5 nitrogen and oxygen atoms in total. The van der Waals surface area contributed by atoms with Crippen LogP contribution in [0.4, 0.5) is 11.8 Å². The standard InChI is InChI=1S/C14H17N5S2/c1-4-9-5-10-11(18-14(15)19-13(10)21-9)17-8(3)12-16-7(2)6-20-12/h5-6,8H,4H2,1-3H3,(H3,15,17,18,19). The lowest BCUT2D eigenvalue weighted by molar-refractivity contribution is 0.857. The molecule has 1 unspecified atom stereocenters. The van der Waals surface area contributed by atoms with Crippen LogP contribution in [0.5, 0.6) is 0 Å². The SMILES string of the molecule is CCc1cc2c(NC(C)c3nc(C)cs3)nc(N)nc2s1. The van der Waals surface area contributed by atoms with Crippen molar-refractivity contribution in [1.82, 2.24) is 15.0 Å². The molecule has 0 aliphatic heterocycles. The first-order valence-electron chi connectivity index (χ1n) is 6.81. The topological polar surface area (TPSA) is 76.7 Å². The number of hydrogen-bond donors (Lipinski definition) is 2. The average molecular weight is 319 g/mol. The van der Waals surface area contributed by atoms with Gasteiger partial charge in [0.25, 0.3) is 0 Å². The van der Waals surface area contributed by atoms with Crippen molar-refractivity contribution < 1.29 is 0 Å². The summed E-state index contributed by atoms with van der Waals surface area (Å²) in [5.74, 6) is 1.09. The summed E-state index contributed by atoms with van der Waals surface area (Å²) in [7, 11) is 0. The van der Waals surface area contributed by atoms with E-state index in [0.717, 1.165) is 33.2 Å². The number of thiazole rings is 1. The van der Waals surface area contributed by atoms with Crippen LogP contribution in [0.15, 0.2) is 11.4 Å². The maximum absolute atomic E-state index is 5.83. The molecule has 7 heteroatoms. The summed E-state index contributed by atoms with van der Waals surface area (Å²) in [6.07, 6.45) is 0.988. The predicted octanol–water partition coefficient (Wildman–Crippen LogP) is 3.77. The van der Waals surface area contributed by atoms with Crippen LogP contribution in [-0.4, -0.2) is 15.0 Å². The molecule has 0 bridgehead atoms. The van der Waals surface area contributed by atoms with E-state index in [1.54, 1.807) is 22.7 Å². The molecule has 3 N–H and O–H groups in total. The van der Waals surface area contributed by atoms with Crippen LogP contribution in [0.25, 0.3) is 10.2 Å². The van der Waals surface area contributed by atoms with Crippen LogP contribution in [0.2, 0.25) is 0 Å². The molecule has 0 aliphatic carbocycles. The van der Waals surface area contributed by atoms with Crippen molar-refractivity contribution >= 4 is 44.7 Å². The van der Waals surface area contributed by atoms with Gasteiger partial charge >= 0.3 is 0 Å².